The predicted octanol–water partition coefficient (Wildman–Crippen LogP) is 1.45. The fourth-order valence-electron chi connectivity index (χ4n) is 4.24. The Hall–Kier alpha value is -4.08. The molecule has 2 aliphatic heterocycles. The maximum absolute atomic E-state index is 13.3. The normalized spacial score (nSPS) is 20.0. The zero-order chi connectivity index (χ0) is 24.8. The van der Waals surface area contributed by atoms with E-state index in [0.717, 1.165) is 6.42 Å². The molecule has 2 saturated heterocycles. The van der Waals surface area contributed by atoms with Crippen molar-refractivity contribution in [2.45, 2.75) is 24.9 Å². The van der Waals surface area contributed by atoms with Crippen molar-refractivity contribution in [3.63, 3.8) is 0 Å². The molecule has 184 valence electrons. The largest absolute Gasteiger partial charge is 0.497 e. The van der Waals surface area contributed by atoms with Crippen LogP contribution in [0.4, 0.5) is 10.5 Å². The molecular formula is C25H29N5O5. The van der Waals surface area contributed by atoms with E-state index < -0.39 is 18.0 Å². The summed E-state index contributed by atoms with van der Waals surface area (Å²) in [5.74, 6) is -0.427. The van der Waals surface area contributed by atoms with E-state index in [9.17, 15) is 19.2 Å². The van der Waals surface area contributed by atoms with Crippen molar-refractivity contribution in [3.8, 4) is 5.75 Å². The summed E-state index contributed by atoms with van der Waals surface area (Å²) in [5, 5.41) is 8.35. The van der Waals surface area contributed by atoms with Crippen LogP contribution in [0.1, 0.15) is 23.2 Å². The second kappa shape index (κ2) is 10.9. The number of anilines is 1. The van der Waals surface area contributed by atoms with Crippen molar-refractivity contribution >= 4 is 29.4 Å². The first-order valence-electron chi connectivity index (χ1n) is 11.6. The summed E-state index contributed by atoms with van der Waals surface area (Å²) < 4.78 is 5.16. The highest BCUT2D eigenvalue weighted by Gasteiger charge is 2.39. The Labute approximate surface area is 203 Å². The Morgan fingerprint density at radius 3 is 2.46 bits per heavy atom. The highest BCUT2D eigenvalue weighted by atomic mass is 16.5. The van der Waals surface area contributed by atoms with Gasteiger partial charge in [-0.05, 0) is 49.2 Å². The molecule has 5 amide bonds. The second-order valence-corrected chi connectivity index (χ2v) is 8.48. The zero-order valence-corrected chi connectivity index (χ0v) is 19.5. The van der Waals surface area contributed by atoms with Crippen molar-refractivity contribution < 1.29 is 23.9 Å². The maximum Gasteiger partial charge on any atom is 0.321 e. The number of hydrogen-bond acceptors (Lipinski definition) is 5. The maximum atomic E-state index is 13.3. The standard InChI is InChI=1S/C25H29N5O5/c1-35-19-11-9-17(10-12-19)24(33)30-15-14-29(25(34)27-18-6-3-2-4-7-18)16-21(30)23(32)28-20-8-5-13-26-22(20)31/h2-4,6-7,9-12,20-21H,5,8,13-16H2,1H3,(H,26,31)(H,27,34)(H,28,32)/t20-,21-/m1/s1. The van der Waals surface area contributed by atoms with Crippen LogP contribution in [0.15, 0.2) is 54.6 Å². The van der Waals surface area contributed by atoms with Crippen molar-refractivity contribution in [2.24, 2.45) is 0 Å². The molecule has 10 heteroatoms. The Bertz CT molecular complexity index is 1080. The minimum absolute atomic E-state index is 0.000728. The topological polar surface area (TPSA) is 120 Å². The summed E-state index contributed by atoms with van der Waals surface area (Å²) in [5.41, 5.74) is 1.04. The summed E-state index contributed by atoms with van der Waals surface area (Å²) >= 11 is 0. The molecule has 3 N–H and O–H groups in total. The van der Waals surface area contributed by atoms with E-state index in [-0.39, 0.29) is 37.5 Å². The van der Waals surface area contributed by atoms with E-state index in [2.05, 4.69) is 16.0 Å². The number of rotatable bonds is 5. The summed E-state index contributed by atoms with van der Waals surface area (Å²) in [6, 6.07) is 13.7. The Balaban J connectivity index is 1.52. The van der Waals surface area contributed by atoms with E-state index in [0.29, 0.717) is 30.0 Å². The second-order valence-electron chi connectivity index (χ2n) is 8.48. The molecule has 0 aromatic heterocycles. The van der Waals surface area contributed by atoms with Gasteiger partial charge in [-0.25, -0.2) is 4.79 Å². The molecular weight excluding hydrogens is 450 g/mol. The lowest BCUT2D eigenvalue weighted by molar-refractivity contribution is -0.133. The van der Waals surface area contributed by atoms with Gasteiger partial charge in [0.15, 0.2) is 0 Å². The van der Waals surface area contributed by atoms with E-state index in [4.69, 9.17) is 4.74 Å². The van der Waals surface area contributed by atoms with Gasteiger partial charge in [-0.3, -0.25) is 14.4 Å². The van der Waals surface area contributed by atoms with Crippen molar-refractivity contribution in [1.29, 1.82) is 0 Å². The molecule has 0 unspecified atom stereocenters. The third-order valence-electron chi connectivity index (χ3n) is 6.19. The number of methoxy groups -OCH3 is 1. The number of piperazine rings is 1. The third-order valence-corrected chi connectivity index (χ3v) is 6.19. The number of hydrogen-bond donors (Lipinski definition) is 3. The van der Waals surface area contributed by atoms with Gasteiger partial charge in [-0.2, -0.15) is 0 Å². The molecule has 0 saturated carbocycles. The van der Waals surface area contributed by atoms with E-state index in [1.54, 1.807) is 36.4 Å². The SMILES string of the molecule is COc1ccc(C(=O)N2CCN(C(=O)Nc3ccccc3)C[C@@H]2C(=O)N[C@@H]2CCCNC2=O)cc1. The smallest absolute Gasteiger partial charge is 0.321 e. The minimum Gasteiger partial charge on any atom is -0.497 e. The van der Waals surface area contributed by atoms with Gasteiger partial charge < -0.3 is 30.5 Å². The number of benzene rings is 2. The molecule has 2 aliphatic rings. The van der Waals surface area contributed by atoms with Crippen LogP contribution in [-0.2, 0) is 9.59 Å². The molecule has 2 aromatic carbocycles. The number of nitrogens with zero attached hydrogens (tertiary/aromatic N) is 2. The summed E-state index contributed by atoms with van der Waals surface area (Å²) in [4.78, 5) is 54.7. The zero-order valence-electron chi connectivity index (χ0n) is 19.5. The number of carbonyl (C=O) groups excluding carboxylic acids is 4. The molecule has 2 aromatic rings. The van der Waals surface area contributed by atoms with Gasteiger partial charge in [0.2, 0.25) is 11.8 Å². The lowest BCUT2D eigenvalue weighted by Crippen LogP contribution is -2.64. The number of ether oxygens (including phenoxy) is 1. The molecule has 0 spiro atoms. The number of nitrogens with one attached hydrogen (secondary N) is 3. The van der Waals surface area contributed by atoms with Crippen molar-refractivity contribution in [3.05, 3.63) is 60.2 Å². The first-order valence-corrected chi connectivity index (χ1v) is 11.6. The van der Waals surface area contributed by atoms with Gasteiger partial charge in [-0.1, -0.05) is 18.2 Å². The van der Waals surface area contributed by atoms with Gasteiger partial charge in [0.05, 0.1) is 13.7 Å². The van der Waals surface area contributed by atoms with Gasteiger partial charge >= 0.3 is 6.03 Å². The summed E-state index contributed by atoms with van der Waals surface area (Å²) in [7, 11) is 1.54. The van der Waals surface area contributed by atoms with Crippen LogP contribution >= 0.6 is 0 Å². The quantitative estimate of drug-likeness (QED) is 0.600. The summed E-state index contributed by atoms with van der Waals surface area (Å²) in [6.07, 6.45) is 1.27. The van der Waals surface area contributed by atoms with Gasteiger partial charge in [0.25, 0.3) is 5.91 Å². The molecule has 2 fully saturated rings. The van der Waals surface area contributed by atoms with E-state index >= 15 is 0 Å². The van der Waals surface area contributed by atoms with E-state index in [1.807, 2.05) is 18.2 Å². The molecule has 2 atom stereocenters. The highest BCUT2D eigenvalue weighted by molar-refractivity contribution is 5.99. The van der Waals surface area contributed by atoms with Gasteiger partial charge in [0.1, 0.15) is 17.8 Å². The molecule has 10 nitrogen and oxygen atoms in total. The van der Waals surface area contributed by atoms with Gasteiger partial charge in [0, 0.05) is 30.9 Å². The highest BCUT2D eigenvalue weighted by Crippen LogP contribution is 2.19. The lowest BCUT2D eigenvalue weighted by Gasteiger charge is -2.41. The predicted molar refractivity (Wildman–Crippen MR) is 129 cm³/mol. The number of urea groups is 1. The van der Waals surface area contributed by atoms with Gasteiger partial charge in [-0.15, -0.1) is 0 Å². The minimum atomic E-state index is -0.949. The first kappa shape index (κ1) is 24.1. The van der Waals surface area contributed by atoms with Crippen LogP contribution in [0.25, 0.3) is 0 Å². The molecule has 0 aliphatic carbocycles. The van der Waals surface area contributed by atoms with Crippen LogP contribution in [0.2, 0.25) is 0 Å². The molecule has 0 radical (unpaired) electrons. The molecule has 2 heterocycles. The Kier molecular flexibility index (Phi) is 7.49. The third kappa shape index (κ3) is 5.71. The molecule has 0 bridgehead atoms. The number of para-hydroxylation sites is 1. The Morgan fingerprint density at radius 1 is 1.03 bits per heavy atom. The average molecular weight is 480 g/mol. The van der Waals surface area contributed by atoms with Crippen molar-refractivity contribution in [1.82, 2.24) is 20.4 Å². The fraction of sp³-hybridized carbons (Fsp3) is 0.360. The lowest BCUT2D eigenvalue weighted by atomic mass is 10.0. The fourth-order valence-corrected chi connectivity index (χ4v) is 4.24. The van der Waals surface area contributed by atoms with Crippen LogP contribution < -0.4 is 20.7 Å². The molecule has 4 rings (SSSR count). The monoisotopic (exact) mass is 479 g/mol. The average Bonchev–Trinajstić information content (AvgIpc) is 2.90. The number of amides is 5. The Morgan fingerprint density at radius 2 is 1.77 bits per heavy atom. The van der Waals surface area contributed by atoms with Crippen LogP contribution in [0.5, 0.6) is 5.75 Å². The summed E-state index contributed by atoms with van der Waals surface area (Å²) in [6.45, 7) is 1.00. The van der Waals surface area contributed by atoms with Crippen molar-refractivity contribution in [2.75, 3.05) is 38.6 Å². The van der Waals surface area contributed by atoms with Crippen LogP contribution in [0.3, 0.4) is 0 Å². The van der Waals surface area contributed by atoms with E-state index in [1.165, 1.54) is 16.9 Å². The number of carbonyl (C=O) groups is 4. The van der Waals surface area contributed by atoms with Crippen LogP contribution in [-0.4, -0.2) is 78.9 Å². The first-order chi connectivity index (χ1) is 17.0. The number of piperidine rings is 1. The van der Waals surface area contributed by atoms with Crippen LogP contribution in [0, 0.1) is 0 Å². The molecule has 35 heavy (non-hydrogen) atoms.